The van der Waals surface area contributed by atoms with E-state index in [2.05, 4.69) is 4.98 Å². The maximum absolute atomic E-state index is 13.5. The molecule has 4 rings (SSSR count). The smallest absolute Gasteiger partial charge is 0.298 e. The molecule has 0 atom stereocenters. The highest BCUT2D eigenvalue weighted by molar-refractivity contribution is 7.19. The topological polar surface area (TPSA) is 71.9 Å². The second kappa shape index (κ2) is 7.25. The first-order chi connectivity index (χ1) is 13.9. The standard InChI is InChI=1S/C22H17FN2O3S/c1-12-10-15(8-9-16(12)23)17(26)11-25-21(27)19-18(14-6-4-3-5-7-14)13(2)29-20(19)24-22(25)28/h3-10H,11H2,1-2H3,(H,24,28). The van der Waals surface area contributed by atoms with Crippen LogP contribution in [-0.2, 0) is 6.54 Å². The summed E-state index contributed by atoms with van der Waals surface area (Å²) in [6.45, 7) is 3.03. The third-order valence-corrected chi connectivity index (χ3v) is 5.87. The van der Waals surface area contributed by atoms with Gasteiger partial charge in [-0.3, -0.25) is 19.1 Å². The number of ketones is 1. The molecule has 5 nitrogen and oxygen atoms in total. The van der Waals surface area contributed by atoms with E-state index in [9.17, 15) is 18.8 Å². The van der Waals surface area contributed by atoms with Gasteiger partial charge in [0.05, 0.1) is 11.9 Å². The van der Waals surface area contributed by atoms with Gasteiger partial charge in [-0.15, -0.1) is 11.3 Å². The molecule has 1 N–H and O–H groups in total. The van der Waals surface area contributed by atoms with Crippen molar-refractivity contribution in [1.82, 2.24) is 9.55 Å². The molecule has 0 bridgehead atoms. The Morgan fingerprint density at radius 3 is 2.52 bits per heavy atom. The maximum atomic E-state index is 13.5. The number of fused-ring (bicyclic) bond motifs is 1. The minimum atomic E-state index is -0.643. The minimum Gasteiger partial charge on any atom is -0.298 e. The van der Waals surface area contributed by atoms with Crippen molar-refractivity contribution in [3.05, 3.63) is 91.2 Å². The van der Waals surface area contributed by atoms with Crippen molar-refractivity contribution < 1.29 is 9.18 Å². The SMILES string of the molecule is Cc1cc(C(=O)Cn2c(=O)[nH]c3sc(C)c(-c4ccccc4)c3c2=O)ccc1F. The third-order valence-electron chi connectivity index (χ3n) is 4.85. The molecule has 0 aliphatic carbocycles. The minimum absolute atomic E-state index is 0.250. The van der Waals surface area contributed by atoms with Gasteiger partial charge in [0.1, 0.15) is 10.6 Å². The van der Waals surface area contributed by atoms with Gasteiger partial charge in [0, 0.05) is 16.0 Å². The molecule has 0 saturated carbocycles. The molecule has 2 heterocycles. The number of thiophene rings is 1. The van der Waals surface area contributed by atoms with E-state index >= 15 is 0 Å². The van der Waals surface area contributed by atoms with Crippen LogP contribution in [0.3, 0.4) is 0 Å². The number of nitrogens with one attached hydrogen (secondary N) is 1. The van der Waals surface area contributed by atoms with Crippen molar-refractivity contribution in [1.29, 1.82) is 0 Å². The summed E-state index contributed by atoms with van der Waals surface area (Å²) in [6.07, 6.45) is 0. The molecule has 2 aromatic carbocycles. The number of nitrogens with zero attached hydrogens (tertiary/aromatic N) is 1. The van der Waals surface area contributed by atoms with Crippen LogP contribution in [0.4, 0.5) is 4.39 Å². The second-order valence-corrected chi connectivity index (χ2v) is 8.04. The fourth-order valence-corrected chi connectivity index (χ4v) is 4.44. The normalized spacial score (nSPS) is 11.1. The van der Waals surface area contributed by atoms with Gasteiger partial charge in [0.25, 0.3) is 5.56 Å². The first kappa shape index (κ1) is 19.0. The third kappa shape index (κ3) is 3.34. The fraction of sp³-hybridized carbons (Fsp3) is 0.136. The molecule has 0 fully saturated rings. The van der Waals surface area contributed by atoms with Crippen LogP contribution >= 0.6 is 11.3 Å². The Morgan fingerprint density at radius 2 is 1.83 bits per heavy atom. The average Bonchev–Trinajstić information content (AvgIpc) is 3.03. The first-order valence-electron chi connectivity index (χ1n) is 8.98. The summed E-state index contributed by atoms with van der Waals surface area (Å²) >= 11 is 1.33. The molecule has 0 spiro atoms. The van der Waals surface area contributed by atoms with Crippen LogP contribution in [-0.4, -0.2) is 15.3 Å². The molecule has 0 aliphatic rings. The Bertz CT molecular complexity index is 1370. The van der Waals surface area contributed by atoms with Gasteiger partial charge in [-0.05, 0) is 43.2 Å². The van der Waals surface area contributed by atoms with E-state index in [4.69, 9.17) is 0 Å². The van der Waals surface area contributed by atoms with Gasteiger partial charge in [-0.1, -0.05) is 30.3 Å². The van der Waals surface area contributed by atoms with Crippen LogP contribution < -0.4 is 11.2 Å². The zero-order valence-electron chi connectivity index (χ0n) is 15.8. The average molecular weight is 408 g/mol. The molecule has 0 unspecified atom stereocenters. The van der Waals surface area contributed by atoms with Crippen molar-refractivity contribution >= 4 is 27.3 Å². The highest BCUT2D eigenvalue weighted by Gasteiger charge is 2.19. The Labute approximate surface area is 169 Å². The van der Waals surface area contributed by atoms with Crippen LogP contribution in [0.5, 0.6) is 0 Å². The highest BCUT2D eigenvalue weighted by Crippen LogP contribution is 2.34. The number of Topliss-reactive ketones (excluding diaryl/α,β-unsaturated/α-hetero) is 1. The lowest BCUT2D eigenvalue weighted by molar-refractivity contribution is 0.0969. The first-order valence-corrected chi connectivity index (χ1v) is 9.79. The molecule has 0 saturated heterocycles. The zero-order chi connectivity index (χ0) is 20.7. The molecule has 0 amide bonds. The van der Waals surface area contributed by atoms with Crippen molar-refractivity contribution in [3.63, 3.8) is 0 Å². The number of aromatic amines is 1. The molecule has 4 aromatic rings. The van der Waals surface area contributed by atoms with Crippen LogP contribution in [0.25, 0.3) is 21.3 Å². The predicted octanol–water partition coefficient (Wildman–Crippen LogP) is 4.06. The van der Waals surface area contributed by atoms with Crippen LogP contribution in [0.15, 0.2) is 58.1 Å². The molecule has 2 aromatic heterocycles. The van der Waals surface area contributed by atoms with Crippen LogP contribution in [0.2, 0.25) is 0 Å². The molecule has 7 heteroatoms. The summed E-state index contributed by atoms with van der Waals surface area (Å²) in [4.78, 5) is 42.4. The molecule has 29 heavy (non-hydrogen) atoms. The predicted molar refractivity (Wildman–Crippen MR) is 112 cm³/mol. The number of halogens is 1. The van der Waals surface area contributed by atoms with E-state index in [1.807, 2.05) is 37.3 Å². The number of benzene rings is 2. The van der Waals surface area contributed by atoms with Crippen LogP contribution in [0, 0.1) is 19.7 Å². The van der Waals surface area contributed by atoms with Gasteiger partial charge >= 0.3 is 5.69 Å². The van der Waals surface area contributed by atoms with Gasteiger partial charge in [-0.2, -0.15) is 0 Å². The van der Waals surface area contributed by atoms with Crippen molar-refractivity contribution in [2.24, 2.45) is 0 Å². The Kier molecular flexibility index (Phi) is 4.76. The summed E-state index contributed by atoms with van der Waals surface area (Å²) < 4.78 is 14.4. The van der Waals surface area contributed by atoms with Gasteiger partial charge in [0.15, 0.2) is 5.78 Å². The molecular weight excluding hydrogens is 391 g/mol. The molecular formula is C22H17FN2O3S. The lowest BCUT2D eigenvalue weighted by Crippen LogP contribution is -2.37. The van der Waals surface area contributed by atoms with Crippen molar-refractivity contribution in [2.45, 2.75) is 20.4 Å². The molecule has 0 radical (unpaired) electrons. The summed E-state index contributed by atoms with van der Waals surface area (Å²) in [5.74, 6) is -0.854. The number of H-pyrrole nitrogens is 1. The summed E-state index contributed by atoms with van der Waals surface area (Å²) in [5, 5.41) is 0.390. The number of hydrogen-bond acceptors (Lipinski definition) is 4. The second-order valence-electron chi connectivity index (χ2n) is 6.81. The number of carbonyl (C=O) groups excluding carboxylic acids is 1. The van der Waals surface area contributed by atoms with Crippen LogP contribution in [0.1, 0.15) is 20.8 Å². The quantitative estimate of drug-likeness (QED) is 0.518. The monoisotopic (exact) mass is 408 g/mol. The van der Waals surface area contributed by atoms with E-state index in [-0.39, 0.29) is 5.56 Å². The Morgan fingerprint density at radius 1 is 1.10 bits per heavy atom. The van der Waals surface area contributed by atoms with E-state index in [1.165, 1.54) is 29.5 Å². The van der Waals surface area contributed by atoms with Gasteiger partial charge in [0.2, 0.25) is 0 Å². The zero-order valence-corrected chi connectivity index (χ0v) is 16.6. The van der Waals surface area contributed by atoms with E-state index < -0.39 is 29.4 Å². The largest absolute Gasteiger partial charge is 0.329 e. The number of hydrogen-bond donors (Lipinski definition) is 1. The number of aryl methyl sites for hydroxylation is 2. The lowest BCUT2D eigenvalue weighted by atomic mass is 10.0. The van der Waals surface area contributed by atoms with Gasteiger partial charge in [-0.25, -0.2) is 9.18 Å². The Balaban J connectivity index is 1.85. The maximum Gasteiger partial charge on any atom is 0.329 e. The fourth-order valence-electron chi connectivity index (χ4n) is 3.38. The number of carbonyl (C=O) groups is 1. The molecule has 146 valence electrons. The summed E-state index contributed by atoms with van der Waals surface area (Å²) in [7, 11) is 0. The summed E-state index contributed by atoms with van der Waals surface area (Å²) in [6, 6.07) is 13.4. The Hall–Kier alpha value is -3.32. The van der Waals surface area contributed by atoms with Gasteiger partial charge < -0.3 is 0 Å². The number of rotatable bonds is 4. The summed E-state index contributed by atoms with van der Waals surface area (Å²) in [5.41, 5.74) is 1.04. The lowest BCUT2D eigenvalue weighted by Gasteiger charge is -2.07. The van der Waals surface area contributed by atoms with Crippen molar-refractivity contribution in [2.75, 3.05) is 0 Å². The number of aromatic nitrogens is 2. The highest BCUT2D eigenvalue weighted by atomic mass is 32.1. The van der Waals surface area contributed by atoms with Crippen molar-refractivity contribution in [3.8, 4) is 11.1 Å². The van der Waals surface area contributed by atoms with E-state index in [0.29, 0.717) is 15.8 Å². The molecule has 0 aliphatic heterocycles. The van der Waals surface area contributed by atoms with E-state index in [1.54, 1.807) is 6.92 Å². The van der Waals surface area contributed by atoms with E-state index in [0.717, 1.165) is 20.6 Å².